The lowest BCUT2D eigenvalue weighted by Gasteiger charge is -2.63. The first-order chi connectivity index (χ1) is 28.2. The lowest BCUT2D eigenvalue weighted by Crippen LogP contribution is -2.81. The molecule has 1 spiro atoms. The van der Waals surface area contributed by atoms with Crippen LogP contribution in [0.2, 0.25) is 0 Å². The van der Waals surface area contributed by atoms with Gasteiger partial charge in [-0.15, -0.1) is 0 Å². The molecule has 2 saturated heterocycles. The van der Waals surface area contributed by atoms with E-state index in [1.807, 2.05) is 38.1 Å². The normalized spacial score (nSPS) is 37.0. The second-order valence-corrected chi connectivity index (χ2v) is 18.2. The van der Waals surface area contributed by atoms with Crippen molar-refractivity contribution in [1.82, 2.24) is 14.8 Å². The molecule has 3 N–H and O–H groups in total. The number of hydrogen-bond acceptors (Lipinski definition) is 12. The van der Waals surface area contributed by atoms with E-state index in [4.69, 9.17) is 19.0 Å². The van der Waals surface area contributed by atoms with Gasteiger partial charge in [-0.25, -0.2) is 5.06 Å². The van der Waals surface area contributed by atoms with Crippen LogP contribution in [0.4, 0.5) is 5.69 Å². The van der Waals surface area contributed by atoms with E-state index >= 15 is 4.79 Å². The van der Waals surface area contributed by atoms with E-state index < -0.39 is 57.3 Å². The third-order valence-electron chi connectivity index (χ3n) is 15.6. The highest BCUT2D eigenvalue weighted by Gasteiger charge is 2.80. The number of hydrogen-bond donors (Lipinski definition) is 3. The SMILES string of the molecule is CC[C@]1(O)C[C@@H]2CN(CCc3c([nH]c4ccccc34)[C@@](C(=O)OC)(c3cc4c(cc3OC)N(OC)[C@H]3[C@@](O)(C(C)=O)[C@H](OC(C)=O)[C@]5(CC)C=CCN6CC[C@]43[C@@H]65)C2)C1. The molecule has 5 aliphatic heterocycles. The standard InChI is InChI=1S/C46H58N4O9/c1-8-42(54)23-29-24-45(41(53)57-6,37-31(15-19-48(25-29)26-42)30-13-10-11-14-34(30)47-37)33-21-32-35(22-36(33)56-5)50(58-7)39-44(32)17-20-49-18-12-16-43(9-2,38(44)49)40(59-28(4)52)46(39,55)27(3)51/h10-14,16,21-22,29,38-40,47,54-55H,8-9,15,17-20,23-26H2,1-7H3/t29-,38-,39+,40+,42-,43+,44+,45-,46-/m0/s1. The maximum atomic E-state index is 15.3. The summed E-state index contributed by atoms with van der Waals surface area (Å²) in [6.45, 7) is 9.96. The molecule has 2 aromatic carbocycles. The van der Waals surface area contributed by atoms with Gasteiger partial charge in [0.25, 0.3) is 0 Å². The van der Waals surface area contributed by atoms with Gasteiger partial charge >= 0.3 is 11.9 Å². The Morgan fingerprint density at radius 2 is 1.75 bits per heavy atom. The van der Waals surface area contributed by atoms with Crippen LogP contribution in [0, 0.1) is 11.3 Å². The predicted molar refractivity (Wildman–Crippen MR) is 220 cm³/mol. The molecule has 0 radical (unpaired) electrons. The first kappa shape index (κ1) is 40.2. The fourth-order valence-electron chi connectivity index (χ4n) is 13.3. The number of carbonyl (C=O) groups is 3. The molecule has 0 amide bonds. The van der Waals surface area contributed by atoms with Gasteiger partial charge < -0.3 is 29.4 Å². The zero-order chi connectivity index (χ0) is 41.9. The zero-order valence-electron chi connectivity index (χ0n) is 35.3. The van der Waals surface area contributed by atoms with Gasteiger partial charge in [-0.1, -0.05) is 44.2 Å². The van der Waals surface area contributed by atoms with Crippen LogP contribution < -0.4 is 9.80 Å². The molecule has 3 fully saturated rings. The van der Waals surface area contributed by atoms with Crippen LogP contribution in [0.3, 0.4) is 0 Å². The fraction of sp³-hybridized carbons (Fsp3) is 0.587. The number of aliphatic hydroxyl groups is 2. The number of aromatic nitrogens is 1. The monoisotopic (exact) mass is 810 g/mol. The number of anilines is 1. The molecule has 1 aliphatic carbocycles. The number of esters is 2. The van der Waals surface area contributed by atoms with E-state index in [0.717, 1.165) is 27.7 Å². The summed E-state index contributed by atoms with van der Waals surface area (Å²) in [5.41, 5.74) is -1.82. The van der Waals surface area contributed by atoms with E-state index in [2.05, 4.69) is 39.1 Å². The molecule has 3 aromatic rings. The van der Waals surface area contributed by atoms with Gasteiger partial charge in [0.05, 0.1) is 32.6 Å². The number of piperidine rings is 1. The quantitative estimate of drug-likeness (QED) is 0.219. The number of hydroxylamine groups is 1. The van der Waals surface area contributed by atoms with E-state index in [1.54, 1.807) is 12.2 Å². The van der Waals surface area contributed by atoms with Crippen LogP contribution in [0.25, 0.3) is 10.9 Å². The average Bonchev–Trinajstić information content (AvgIpc) is 3.90. The molecule has 1 unspecified atom stereocenters. The number of rotatable bonds is 8. The van der Waals surface area contributed by atoms with Gasteiger partial charge in [-0.3, -0.25) is 29.0 Å². The molecule has 6 aliphatic rings. The Balaban J connectivity index is 1.37. The molecule has 10 atom stereocenters. The number of benzene rings is 2. The highest BCUT2D eigenvalue weighted by molar-refractivity contribution is 5.95. The molecule has 13 heteroatoms. The highest BCUT2D eigenvalue weighted by Crippen LogP contribution is 2.68. The first-order valence-corrected chi connectivity index (χ1v) is 21.2. The minimum Gasteiger partial charge on any atom is -0.496 e. The third-order valence-corrected chi connectivity index (χ3v) is 15.6. The summed E-state index contributed by atoms with van der Waals surface area (Å²) in [5, 5.41) is 27.9. The van der Waals surface area contributed by atoms with Gasteiger partial charge in [-0.2, -0.15) is 0 Å². The number of Topliss-reactive ketones (excluding diaryl/α,β-unsaturated/α-hetero) is 1. The number of fused-ring (bicyclic) bond motifs is 6. The van der Waals surface area contributed by atoms with Crippen molar-refractivity contribution in [2.24, 2.45) is 11.3 Å². The summed E-state index contributed by atoms with van der Waals surface area (Å²) < 4.78 is 18.5. The smallest absolute Gasteiger partial charge is 0.322 e. The Hall–Kier alpha value is -4.27. The molecule has 1 saturated carbocycles. The van der Waals surface area contributed by atoms with Gasteiger partial charge in [0.2, 0.25) is 0 Å². The van der Waals surface area contributed by atoms with Crippen molar-refractivity contribution in [3.63, 3.8) is 0 Å². The van der Waals surface area contributed by atoms with Crippen molar-refractivity contribution in [1.29, 1.82) is 0 Å². The van der Waals surface area contributed by atoms with Crippen LogP contribution >= 0.6 is 0 Å². The Bertz CT molecular complexity index is 2260. The maximum Gasteiger partial charge on any atom is 0.322 e. The molecule has 1 aromatic heterocycles. The Morgan fingerprint density at radius 3 is 2.42 bits per heavy atom. The van der Waals surface area contributed by atoms with Crippen molar-refractivity contribution in [3.05, 3.63) is 70.9 Å². The van der Waals surface area contributed by atoms with Crippen molar-refractivity contribution in [2.75, 3.05) is 59.1 Å². The molecule has 59 heavy (non-hydrogen) atoms. The minimum atomic E-state index is -2.21. The number of ether oxygens (including phenoxy) is 3. The molecular formula is C46H58N4O9. The summed E-state index contributed by atoms with van der Waals surface area (Å²) in [6, 6.07) is 10.7. The van der Waals surface area contributed by atoms with Crippen LogP contribution in [0.15, 0.2) is 48.6 Å². The number of H-pyrrole nitrogens is 1. The van der Waals surface area contributed by atoms with Crippen LogP contribution in [0.5, 0.6) is 5.75 Å². The van der Waals surface area contributed by atoms with Crippen molar-refractivity contribution < 1.29 is 43.6 Å². The van der Waals surface area contributed by atoms with Crippen LogP contribution in [-0.4, -0.2) is 126 Å². The number of methoxy groups -OCH3 is 2. The Morgan fingerprint density at radius 1 is 0.966 bits per heavy atom. The number of nitrogens with one attached hydrogen (secondary N) is 1. The van der Waals surface area contributed by atoms with Crippen molar-refractivity contribution in [3.8, 4) is 5.75 Å². The van der Waals surface area contributed by atoms with Gasteiger partial charge in [-0.05, 0) is 81.2 Å². The van der Waals surface area contributed by atoms with E-state index in [-0.39, 0.29) is 12.0 Å². The molecule has 6 heterocycles. The third kappa shape index (κ3) is 5.23. The molecule has 2 bridgehead atoms. The van der Waals surface area contributed by atoms with Crippen LogP contribution in [-0.2, 0) is 45.9 Å². The first-order valence-electron chi connectivity index (χ1n) is 21.2. The number of carbonyl (C=O) groups excluding carboxylic acids is 3. The fourth-order valence-corrected chi connectivity index (χ4v) is 13.3. The summed E-state index contributed by atoms with van der Waals surface area (Å²) in [5.74, 6) is -1.27. The topological polar surface area (TPSA) is 154 Å². The lowest BCUT2D eigenvalue weighted by molar-refractivity contribution is -0.221. The summed E-state index contributed by atoms with van der Waals surface area (Å²) in [4.78, 5) is 57.4. The second kappa shape index (κ2) is 13.9. The Kier molecular flexibility index (Phi) is 9.45. The summed E-state index contributed by atoms with van der Waals surface area (Å²) in [7, 11) is 4.54. The number of para-hydroxylation sites is 1. The molecule has 9 rings (SSSR count). The van der Waals surface area contributed by atoms with Gasteiger partial charge in [0, 0.05) is 78.2 Å². The number of aromatic amines is 1. The maximum absolute atomic E-state index is 15.3. The average molecular weight is 811 g/mol. The van der Waals surface area contributed by atoms with E-state index in [9.17, 15) is 19.8 Å². The van der Waals surface area contributed by atoms with Crippen molar-refractivity contribution >= 4 is 34.3 Å². The van der Waals surface area contributed by atoms with Gasteiger partial charge in [0.1, 0.15) is 17.2 Å². The largest absolute Gasteiger partial charge is 0.496 e. The Labute approximate surface area is 345 Å². The summed E-state index contributed by atoms with van der Waals surface area (Å²) >= 11 is 0. The van der Waals surface area contributed by atoms with Gasteiger partial charge in [0.15, 0.2) is 17.5 Å². The highest BCUT2D eigenvalue weighted by atomic mass is 16.7. The lowest BCUT2D eigenvalue weighted by atomic mass is 9.47. The minimum absolute atomic E-state index is 0.107. The summed E-state index contributed by atoms with van der Waals surface area (Å²) in [6.07, 6.45) is 5.97. The second-order valence-electron chi connectivity index (χ2n) is 18.2. The predicted octanol–water partition coefficient (Wildman–Crippen LogP) is 4.34. The molecule has 316 valence electrons. The van der Waals surface area contributed by atoms with E-state index in [1.165, 1.54) is 28.1 Å². The van der Waals surface area contributed by atoms with E-state index in [0.29, 0.717) is 88.2 Å². The number of nitrogens with zero attached hydrogens (tertiary/aromatic N) is 3. The van der Waals surface area contributed by atoms with Crippen LogP contribution in [0.1, 0.15) is 82.2 Å². The van der Waals surface area contributed by atoms with Crippen molar-refractivity contribution in [2.45, 2.75) is 106 Å². The zero-order valence-corrected chi connectivity index (χ0v) is 35.3. The molecule has 13 nitrogen and oxygen atoms in total. The molecular weight excluding hydrogens is 753 g/mol. The number of ketones is 1.